The average Bonchev–Trinajstić information content (AvgIpc) is 3.06. The number of methoxy groups -OCH3 is 2. The van der Waals surface area contributed by atoms with Gasteiger partial charge in [-0.3, -0.25) is 0 Å². The molecular weight excluding hydrogens is 400 g/mol. The van der Waals surface area contributed by atoms with Crippen molar-refractivity contribution in [3.05, 3.63) is 75.2 Å². The first-order chi connectivity index (χ1) is 14.1. The largest absolute Gasteiger partial charge is 0.497 e. The van der Waals surface area contributed by atoms with Crippen molar-refractivity contribution in [3.8, 4) is 11.5 Å². The SMILES string of the molecule is COc1ccc(CN(Cc2ccc(OC)cc2)SCCc2nc(C)c(C)s2)cc1. The van der Waals surface area contributed by atoms with Gasteiger partial charge in [0.05, 0.1) is 24.9 Å². The number of thiazole rings is 1. The van der Waals surface area contributed by atoms with Crippen LogP contribution in [0.5, 0.6) is 11.5 Å². The zero-order valence-corrected chi connectivity index (χ0v) is 19.1. The van der Waals surface area contributed by atoms with E-state index in [1.54, 1.807) is 14.2 Å². The van der Waals surface area contributed by atoms with Crippen LogP contribution >= 0.6 is 23.3 Å². The molecule has 0 unspecified atom stereocenters. The van der Waals surface area contributed by atoms with Gasteiger partial charge in [-0.05, 0) is 49.2 Å². The first-order valence-electron chi connectivity index (χ1n) is 9.64. The maximum atomic E-state index is 5.28. The van der Waals surface area contributed by atoms with Crippen molar-refractivity contribution in [2.45, 2.75) is 33.4 Å². The van der Waals surface area contributed by atoms with Gasteiger partial charge in [0.2, 0.25) is 0 Å². The highest BCUT2D eigenvalue weighted by atomic mass is 32.2. The van der Waals surface area contributed by atoms with Crippen LogP contribution in [0.2, 0.25) is 0 Å². The lowest BCUT2D eigenvalue weighted by atomic mass is 10.2. The van der Waals surface area contributed by atoms with Crippen molar-refractivity contribution in [3.63, 3.8) is 0 Å². The van der Waals surface area contributed by atoms with Crippen LogP contribution in [0.15, 0.2) is 48.5 Å². The molecule has 0 N–H and O–H groups in total. The molecule has 0 aliphatic rings. The molecule has 0 fully saturated rings. The Morgan fingerprint density at radius 2 is 1.38 bits per heavy atom. The summed E-state index contributed by atoms with van der Waals surface area (Å²) in [6.07, 6.45) is 0.992. The molecule has 0 amide bonds. The van der Waals surface area contributed by atoms with Crippen LogP contribution < -0.4 is 9.47 Å². The zero-order chi connectivity index (χ0) is 20.6. The van der Waals surface area contributed by atoms with E-state index >= 15 is 0 Å². The van der Waals surface area contributed by atoms with Gasteiger partial charge in [-0.1, -0.05) is 36.2 Å². The smallest absolute Gasteiger partial charge is 0.118 e. The highest BCUT2D eigenvalue weighted by Crippen LogP contribution is 2.24. The number of benzene rings is 2. The molecule has 3 aromatic rings. The van der Waals surface area contributed by atoms with E-state index in [0.717, 1.165) is 42.5 Å². The molecule has 6 heteroatoms. The third-order valence-corrected chi connectivity index (χ3v) is 6.84. The first-order valence-corrected chi connectivity index (χ1v) is 11.4. The van der Waals surface area contributed by atoms with Crippen LogP contribution in [0.3, 0.4) is 0 Å². The molecule has 0 spiro atoms. The average molecular weight is 429 g/mol. The van der Waals surface area contributed by atoms with Crippen LogP contribution in [0.4, 0.5) is 0 Å². The van der Waals surface area contributed by atoms with Crippen molar-refractivity contribution in [2.24, 2.45) is 0 Å². The number of aryl methyl sites for hydroxylation is 3. The highest BCUT2D eigenvalue weighted by Gasteiger charge is 2.11. The molecule has 1 heterocycles. The van der Waals surface area contributed by atoms with E-state index in [0.29, 0.717) is 0 Å². The molecule has 0 saturated carbocycles. The van der Waals surface area contributed by atoms with Crippen molar-refractivity contribution in [1.29, 1.82) is 0 Å². The number of nitrogens with zero attached hydrogens (tertiary/aromatic N) is 2. The van der Waals surface area contributed by atoms with Crippen LogP contribution in [0.25, 0.3) is 0 Å². The number of rotatable bonds is 10. The molecule has 0 bridgehead atoms. The quantitative estimate of drug-likeness (QED) is 0.389. The van der Waals surface area contributed by atoms with Crippen LogP contribution in [0, 0.1) is 13.8 Å². The summed E-state index contributed by atoms with van der Waals surface area (Å²) in [7, 11) is 3.39. The first kappa shape index (κ1) is 21.7. The topological polar surface area (TPSA) is 34.6 Å². The monoisotopic (exact) mass is 428 g/mol. The lowest BCUT2D eigenvalue weighted by Gasteiger charge is -2.21. The van der Waals surface area contributed by atoms with Gasteiger partial charge in [0.1, 0.15) is 11.5 Å². The molecule has 0 aliphatic heterocycles. The van der Waals surface area contributed by atoms with Crippen molar-refractivity contribution < 1.29 is 9.47 Å². The van der Waals surface area contributed by atoms with E-state index in [9.17, 15) is 0 Å². The molecule has 3 rings (SSSR count). The molecular formula is C23H28N2O2S2. The predicted octanol–water partition coefficient (Wildman–Crippen LogP) is 5.67. The summed E-state index contributed by atoms with van der Waals surface area (Å²) in [5.74, 6) is 2.79. The number of aromatic nitrogens is 1. The summed E-state index contributed by atoms with van der Waals surface area (Å²) in [4.78, 5) is 5.99. The van der Waals surface area contributed by atoms with E-state index < -0.39 is 0 Å². The van der Waals surface area contributed by atoms with Gasteiger partial charge in [0, 0.05) is 30.1 Å². The fraction of sp³-hybridized carbons (Fsp3) is 0.348. The highest BCUT2D eigenvalue weighted by molar-refractivity contribution is 7.96. The lowest BCUT2D eigenvalue weighted by Crippen LogP contribution is -2.16. The zero-order valence-electron chi connectivity index (χ0n) is 17.5. The van der Waals surface area contributed by atoms with Gasteiger partial charge in [-0.15, -0.1) is 11.3 Å². The Hall–Kier alpha value is -2.02. The minimum Gasteiger partial charge on any atom is -0.497 e. The minimum absolute atomic E-state index is 0.872. The normalized spacial score (nSPS) is 11.1. The molecule has 154 valence electrons. The molecule has 4 nitrogen and oxygen atoms in total. The summed E-state index contributed by atoms with van der Waals surface area (Å²) in [5, 5.41) is 1.22. The van der Waals surface area contributed by atoms with E-state index in [2.05, 4.69) is 47.4 Å². The van der Waals surface area contributed by atoms with Crippen molar-refractivity contribution in [2.75, 3.05) is 20.0 Å². The summed E-state index contributed by atoms with van der Waals surface area (Å²) in [6.45, 7) is 5.97. The van der Waals surface area contributed by atoms with Gasteiger partial charge in [0.25, 0.3) is 0 Å². The van der Waals surface area contributed by atoms with Crippen LogP contribution in [-0.2, 0) is 19.5 Å². The van der Waals surface area contributed by atoms with E-state index in [4.69, 9.17) is 9.47 Å². The summed E-state index contributed by atoms with van der Waals surface area (Å²) in [5.41, 5.74) is 3.70. The number of hydrogen-bond donors (Lipinski definition) is 0. The Morgan fingerprint density at radius 1 is 0.862 bits per heavy atom. The maximum absolute atomic E-state index is 5.28. The molecule has 0 radical (unpaired) electrons. The number of ether oxygens (including phenoxy) is 2. The van der Waals surface area contributed by atoms with Crippen molar-refractivity contribution >= 4 is 23.3 Å². The van der Waals surface area contributed by atoms with Crippen LogP contribution in [0.1, 0.15) is 26.7 Å². The molecule has 2 aromatic carbocycles. The Kier molecular flexibility index (Phi) is 7.98. The van der Waals surface area contributed by atoms with Gasteiger partial charge in [0.15, 0.2) is 0 Å². The molecule has 0 aliphatic carbocycles. The Morgan fingerprint density at radius 3 is 1.79 bits per heavy atom. The molecule has 0 saturated heterocycles. The lowest BCUT2D eigenvalue weighted by molar-refractivity contribution is 0.413. The van der Waals surface area contributed by atoms with E-state index in [1.807, 2.05) is 47.6 Å². The van der Waals surface area contributed by atoms with E-state index in [-0.39, 0.29) is 0 Å². The summed E-state index contributed by atoms with van der Waals surface area (Å²) >= 11 is 3.69. The Bertz CT molecular complexity index is 823. The third-order valence-electron chi connectivity index (χ3n) is 4.70. The second-order valence-corrected chi connectivity index (χ2v) is 9.30. The standard InChI is InChI=1S/C23H28N2O2S2/c1-17-18(2)29-23(24-17)13-14-28-25(15-19-5-9-21(26-3)10-6-19)16-20-7-11-22(27-4)12-8-20/h5-12H,13-16H2,1-4H3. The van der Waals surface area contributed by atoms with Crippen molar-refractivity contribution in [1.82, 2.24) is 9.29 Å². The summed E-state index contributed by atoms with van der Waals surface area (Å²) in [6, 6.07) is 16.6. The maximum Gasteiger partial charge on any atom is 0.118 e. The molecule has 0 atom stereocenters. The van der Waals surface area contributed by atoms with Gasteiger partial charge >= 0.3 is 0 Å². The van der Waals surface area contributed by atoms with Gasteiger partial charge < -0.3 is 9.47 Å². The summed E-state index contributed by atoms with van der Waals surface area (Å²) < 4.78 is 13.0. The fourth-order valence-electron chi connectivity index (χ4n) is 2.92. The second-order valence-electron chi connectivity index (χ2n) is 6.83. The number of hydrogen-bond acceptors (Lipinski definition) is 6. The van der Waals surface area contributed by atoms with Crippen LogP contribution in [-0.4, -0.2) is 29.3 Å². The predicted molar refractivity (Wildman–Crippen MR) is 123 cm³/mol. The van der Waals surface area contributed by atoms with Gasteiger partial charge in [-0.25, -0.2) is 9.29 Å². The second kappa shape index (κ2) is 10.7. The minimum atomic E-state index is 0.872. The Balaban J connectivity index is 1.65. The van der Waals surface area contributed by atoms with E-state index in [1.165, 1.54) is 21.0 Å². The molecule has 1 aromatic heterocycles. The third kappa shape index (κ3) is 6.49. The van der Waals surface area contributed by atoms with Gasteiger partial charge in [-0.2, -0.15) is 0 Å². The molecule has 29 heavy (non-hydrogen) atoms. The Labute approximate surface area is 182 Å². The fourth-order valence-corrected chi connectivity index (χ4v) is 5.01.